The number of likely N-dealkylation sites (tertiary alicyclic amines) is 1. The molecule has 192 valence electrons. The summed E-state index contributed by atoms with van der Waals surface area (Å²) in [6, 6.07) is 14.1. The molecule has 6 rings (SSSR count). The number of imidazole rings is 1. The number of hydrogen-bond acceptors (Lipinski definition) is 6. The van der Waals surface area contributed by atoms with E-state index in [4.69, 9.17) is 5.73 Å². The number of carbonyl (C=O) groups excluding carboxylic acids is 1. The van der Waals surface area contributed by atoms with Crippen molar-refractivity contribution in [3.63, 3.8) is 0 Å². The van der Waals surface area contributed by atoms with Crippen LogP contribution in [0.25, 0.3) is 39.1 Å². The van der Waals surface area contributed by atoms with Gasteiger partial charge in [0.25, 0.3) is 5.91 Å². The zero-order valence-corrected chi connectivity index (χ0v) is 21.3. The van der Waals surface area contributed by atoms with Crippen LogP contribution in [0.4, 0.5) is 10.2 Å². The molecule has 2 aromatic carbocycles. The molecule has 0 saturated carbocycles. The lowest BCUT2D eigenvalue weighted by molar-refractivity contribution is 0.0943. The number of nitrogens with one attached hydrogen (secondary N) is 1. The summed E-state index contributed by atoms with van der Waals surface area (Å²) in [7, 11) is 2.09. The number of benzene rings is 2. The second-order valence-electron chi connectivity index (χ2n) is 10.0. The molecule has 1 amide bonds. The predicted octanol–water partition coefficient (Wildman–Crippen LogP) is 4.32. The SMILES string of the molecule is Cc1ccnc2ccc(-c3c(-c4ccc(F)cc4)nc(N)c4nc(C(=O)NCC5CCN(C)C5)cn34)cc12. The van der Waals surface area contributed by atoms with Gasteiger partial charge in [0.05, 0.1) is 16.9 Å². The van der Waals surface area contributed by atoms with E-state index >= 15 is 0 Å². The van der Waals surface area contributed by atoms with E-state index in [1.165, 1.54) is 12.1 Å². The number of aromatic nitrogens is 4. The first-order valence-corrected chi connectivity index (χ1v) is 12.6. The number of halogens is 1. The van der Waals surface area contributed by atoms with E-state index in [9.17, 15) is 9.18 Å². The Morgan fingerprint density at radius 3 is 2.68 bits per heavy atom. The fraction of sp³-hybridized carbons (Fsp3) is 0.241. The monoisotopic (exact) mass is 509 g/mol. The van der Waals surface area contributed by atoms with Crippen molar-refractivity contribution >= 4 is 28.3 Å². The van der Waals surface area contributed by atoms with E-state index < -0.39 is 0 Å². The first kappa shape index (κ1) is 24.0. The van der Waals surface area contributed by atoms with E-state index in [0.29, 0.717) is 35.1 Å². The van der Waals surface area contributed by atoms with E-state index in [-0.39, 0.29) is 23.2 Å². The molecule has 1 aliphatic rings. The van der Waals surface area contributed by atoms with Crippen molar-refractivity contribution in [2.24, 2.45) is 5.92 Å². The molecule has 1 aliphatic heterocycles. The van der Waals surface area contributed by atoms with Gasteiger partial charge in [-0.3, -0.25) is 14.2 Å². The highest BCUT2D eigenvalue weighted by Crippen LogP contribution is 2.35. The van der Waals surface area contributed by atoms with Gasteiger partial charge in [-0.1, -0.05) is 6.07 Å². The highest BCUT2D eigenvalue weighted by atomic mass is 19.1. The third-order valence-electron chi connectivity index (χ3n) is 7.26. The first-order chi connectivity index (χ1) is 18.4. The highest BCUT2D eigenvalue weighted by molar-refractivity contribution is 5.95. The van der Waals surface area contributed by atoms with Crippen LogP contribution in [0.15, 0.2) is 60.9 Å². The Hall–Kier alpha value is -4.37. The normalized spacial score (nSPS) is 15.9. The van der Waals surface area contributed by atoms with Crippen LogP contribution in [0.1, 0.15) is 22.5 Å². The topological polar surface area (TPSA) is 101 Å². The molecule has 1 fully saturated rings. The molecule has 0 spiro atoms. The number of amides is 1. The zero-order chi connectivity index (χ0) is 26.4. The Morgan fingerprint density at radius 2 is 1.92 bits per heavy atom. The van der Waals surface area contributed by atoms with Crippen LogP contribution >= 0.6 is 0 Å². The standard InChI is InChI=1S/C29H28FN7O/c1-17-9-11-32-23-8-5-20(13-22(17)23)26-25(19-3-6-21(30)7-4-19)35-27(31)28-34-24(16-37(26)28)29(38)33-14-18-10-12-36(2)15-18/h3-9,11,13,16,18H,10,12,14-15H2,1-2H3,(H2,31,35)(H,33,38). The van der Waals surface area contributed by atoms with Crippen molar-refractivity contribution in [2.75, 3.05) is 32.4 Å². The van der Waals surface area contributed by atoms with Crippen LogP contribution in [0, 0.1) is 18.7 Å². The molecule has 4 heterocycles. The lowest BCUT2D eigenvalue weighted by atomic mass is 10.0. The molecule has 8 nitrogen and oxygen atoms in total. The Morgan fingerprint density at radius 1 is 1.13 bits per heavy atom. The molecule has 9 heteroatoms. The van der Waals surface area contributed by atoms with Gasteiger partial charge in [-0.2, -0.15) is 0 Å². The molecule has 0 bridgehead atoms. The van der Waals surface area contributed by atoms with Gasteiger partial charge in [0.1, 0.15) is 11.5 Å². The van der Waals surface area contributed by atoms with Crippen molar-refractivity contribution in [3.05, 3.63) is 78.0 Å². The number of nitrogens with zero attached hydrogens (tertiary/aromatic N) is 5. The maximum atomic E-state index is 13.8. The van der Waals surface area contributed by atoms with Gasteiger partial charge < -0.3 is 16.0 Å². The fourth-order valence-electron chi connectivity index (χ4n) is 5.21. The highest BCUT2D eigenvalue weighted by Gasteiger charge is 2.23. The minimum absolute atomic E-state index is 0.183. The Balaban J connectivity index is 1.49. The third-order valence-corrected chi connectivity index (χ3v) is 7.26. The van der Waals surface area contributed by atoms with Gasteiger partial charge in [0, 0.05) is 42.0 Å². The van der Waals surface area contributed by atoms with Gasteiger partial charge in [0.15, 0.2) is 11.5 Å². The second kappa shape index (κ2) is 9.50. The smallest absolute Gasteiger partial charge is 0.271 e. The van der Waals surface area contributed by atoms with E-state index in [0.717, 1.165) is 41.5 Å². The summed E-state index contributed by atoms with van der Waals surface area (Å²) in [6.07, 6.45) is 4.54. The number of carbonyl (C=O) groups is 1. The molecule has 0 radical (unpaired) electrons. The molecular formula is C29H28FN7O. The van der Waals surface area contributed by atoms with Gasteiger partial charge in [-0.15, -0.1) is 0 Å². The third kappa shape index (κ3) is 4.35. The fourth-order valence-corrected chi connectivity index (χ4v) is 5.21. The number of nitrogen functional groups attached to an aromatic ring is 1. The molecular weight excluding hydrogens is 481 g/mol. The number of hydrogen-bond donors (Lipinski definition) is 2. The number of pyridine rings is 1. The van der Waals surface area contributed by atoms with E-state index in [2.05, 4.69) is 32.2 Å². The molecule has 5 aromatic rings. The van der Waals surface area contributed by atoms with Crippen LogP contribution < -0.4 is 11.1 Å². The van der Waals surface area contributed by atoms with Crippen LogP contribution in [0.2, 0.25) is 0 Å². The molecule has 1 atom stereocenters. The summed E-state index contributed by atoms with van der Waals surface area (Å²) in [6.45, 7) is 4.62. The summed E-state index contributed by atoms with van der Waals surface area (Å²) in [5, 5.41) is 4.03. The van der Waals surface area contributed by atoms with Crippen molar-refractivity contribution in [1.82, 2.24) is 29.6 Å². The van der Waals surface area contributed by atoms with Gasteiger partial charge in [0.2, 0.25) is 0 Å². The molecule has 0 aliphatic carbocycles. The van der Waals surface area contributed by atoms with Crippen LogP contribution in [0.3, 0.4) is 0 Å². The number of nitrogens with two attached hydrogens (primary N) is 1. The Kier molecular flexibility index (Phi) is 6.00. The van der Waals surface area contributed by atoms with Gasteiger partial charge >= 0.3 is 0 Å². The largest absolute Gasteiger partial charge is 0.381 e. The maximum absolute atomic E-state index is 13.8. The summed E-state index contributed by atoms with van der Waals surface area (Å²) in [5.41, 5.74) is 11.8. The molecule has 38 heavy (non-hydrogen) atoms. The average molecular weight is 510 g/mol. The van der Waals surface area contributed by atoms with Gasteiger partial charge in [-0.25, -0.2) is 14.4 Å². The quantitative estimate of drug-likeness (QED) is 0.366. The lowest BCUT2D eigenvalue weighted by Crippen LogP contribution is -2.30. The van der Waals surface area contributed by atoms with E-state index in [1.54, 1.807) is 24.5 Å². The molecule has 3 aromatic heterocycles. The summed E-state index contributed by atoms with van der Waals surface area (Å²) in [5.74, 6) is 0.00766. The van der Waals surface area contributed by atoms with Crippen molar-refractivity contribution in [1.29, 1.82) is 0 Å². The molecule has 3 N–H and O–H groups in total. The van der Waals surface area contributed by atoms with Crippen molar-refractivity contribution in [3.8, 4) is 22.5 Å². The first-order valence-electron chi connectivity index (χ1n) is 12.6. The van der Waals surface area contributed by atoms with E-state index in [1.807, 2.05) is 35.6 Å². The summed E-state index contributed by atoms with van der Waals surface area (Å²) < 4.78 is 15.6. The van der Waals surface area contributed by atoms with Gasteiger partial charge in [-0.05, 0) is 80.9 Å². The molecule has 1 unspecified atom stereocenters. The van der Waals surface area contributed by atoms with Crippen LogP contribution in [-0.4, -0.2) is 56.8 Å². The zero-order valence-electron chi connectivity index (χ0n) is 21.3. The second-order valence-corrected chi connectivity index (χ2v) is 10.0. The Bertz CT molecular complexity index is 1680. The minimum atomic E-state index is -0.341. The summed E-state index contributed by atoms with van der Waals surface area (Å²) >= 11 is 0. The average Bonchev–Trinajstić information content (AvgIpc) is 3.55. The minimum Gasteiger partial charge on any atom is -0.381 e. The molecule has 1 saturated heterocycles. The Labute approximate surface area is 219 Å². The van der Waals surface area contributed by atoms with Crippen molar-refractivity contribution in [2.45, 2.75) is 13.3 Å². The van der Waals surface area contributed by atoms with Crippen LogP contribution in [-0.2, 0) is 0 Å². The number of rotatable bonds is 5. The number of aryl methyl sites for hydroxylation is 1. The number of anilines is 1. The maximum Gasteiger partial charge on any atom is 0.271 e. The lowest BCUT2D eigenvalue weighted by Gasteiger charge is -2.14. The predicted molar refractivity (Wildman–Crippen MR) is 146 cm³/mol. The van der Waals surface area contributed by atoms with Crippen LogP contribution in [0.5, 0.6) is 0 Å². The van der Waals surface area contributed by atoms with Crippen molar-refractivity contribution < 1.29 is 9.18 Å². The summed E-state index contributed by atoms with van der Waals surface area (Å²) in [4.78, 5) is 29.1. The number of fused-ring (bicyclic) bond motifs is 2.